The molecule has 0 radical (unpaired) electrons. The first-order valence-electron chi connectivity index (χ1n) is 8.21. The Balaban J connectivity index is 1.67. The Morgan fingerprint density at radius 2 is 1.70 bits per heavy atom. The van der Waals surface area contributed by atoms with Gasteiger partial charge in [0.05, 0.1) is 17.7 Å². The van der Waals surface area contributed by atoms with Gasteiger partial charge in [0, 0.05) is 16.6 Å². The largest absolute Gasteiger partial charge is 0.416 e. The normalized spacial score (nSPS) is 11.4. The van der Waals surface area contributed by atoms with Crippen LogP contribution < -0.4 is 5.32 Å². The van der Waals surface area contributed by atoms with Gasteiger partial charge in [0.1, 0.15) is 5.01 Å². The third-order valence-electron chi connectivity index (χ3n) is 3.86. The molecule has 1 aromatic heterocycles. The summed E-state index contributed by atoms with van der Waals surface area (Å²) in [6.07, 6.45) is -4.26. The Bertz CT molecular complexity index is 942. The van der Waals surface area contributed by atoms with Gasteiger partial charge in [0.15, 0.2) is 0 Å². The Labute approximate surface area is 158 Å². The second kappa shape index (κ2) is 7.52. The quantitative estimate of drug-likeness (QED) is 0.628. The number of carbonyl (C=O) groups excluding carboxylic acids is 1. The summed E-state index contributed by atoms with van der Waals surface area (Å²) < 4.78 is 37.9. The minimum atomic E-state index is -4.36. The first kappa shape index (κ1) is 19.1. The average molecular weight is 390 g/mol. The van der Waals surface area contributed by atoms with Crippen LogP contribution in [0.5, 0.6) is 0 Å². The second-order valence-electron chi connectivity index (χ2n) is 6.32. The van der Waals surface area contributed by atoms with E-state index in [-0.39, 0.29) is 12.3 Å². The number of carbonyl (C=O) groups is 1. The summed E-state index contributed by atoms with van der Waals surface area (Å²) in [6.45, 7) is 3.92. The minimum absolute atomic E-state index is 0.101. The number of aromatic nitrogens is 1. The molecule has 0 atom stereocenters. The molecule has 7 heteroatoms. The topological polar surface area (TPSA) is 42.0 Å². The van der Waals surface area contributed by atoms with E-state index in [0.29, 0.717) is 16.3 Å². The molecule has 0 aliphatic heterocycles. The molecule has 0 saturated heterocycles. The molecule has 0 saturated carbocycles. The van der Waals surface area contributed by atoms with Crippen molar-refractivity contribution in [3.63, 3.8) is 0 Å². The smallest absolute Gasteiger partial charge is 0.326 e. The molecular formula is C20H17F3N2OS. The zero-order chi connectivity index (χ0) is 19.6. The lowest BCUT2D eigenvalue weighted by Crippen LogP contribution is -2.14. The molecule has 1 amide bonds. The molecule has 0 unspecified atom stereocenters. The number of nitrogens with zero attached hydrogens (tertiary/aromatic N) is 1. The van der Waals surface area contributed by atoms with Gasteiger partial charge in [-0.2, -0.15) is 13.2 Å². The number of hydrogen-bond acceptors (Lipinski definition) is 3. The Morgan fingerprint density at radius 1 is 1.07 bits per heavy atom. The predicted octanol–water partition coefficient (Wildman–Crippen LogP) is 5.63. The highest BCUT2D eigenvalue weighted by molar-refractivity contribution is 7.13. The summed E-state index contributed by atoms with van der Waals surface area (Å²) in [5.41, 5.74) is 3.32. The molecule has 0 aliphatic rings. The van der Waals surface area contributed by atoms with Gasteiger partial charge in [-0.05, 0) is 49.2 Å². The fourth-order valence-corrected chi connectivity index (χ4v) is 3.56. The number of rotatable bonds is 4. The molecule has 27 heavy (non-hydrogen) atoms. The lowest BCUT2D eigenvalue weighted by molar-refractivity contribution is -0.137. The predicted molar refractivity (Wildman–Crippen MR) is 101 cm³/mol. The van der Waals surface area contributed by atoms with Crippen LogP contribution >= 0.6 is 11.3 Å². The zero-order valence-electron chi connectivity index (χ0n) is 14.7. The number of nitrogens with one attached hydrogen (secondary N) is 1. The van der Waals surface area contributed by atoms with Gasteiger partial charge < -0.3 is 5.32 Å². The number of anilines is 1. The Morgan fingerprint density at radius 3 is 2.30 bits per heavy atom. The molecule has 1 N–H and O–H groups in total. The van der Waals surface area contributed by atoms with Crippen LogP contribution in [0.4, 0.5) is 18.9 Å². The lowest BCUT2D eigenvalue weighted by Gasteiger charge is -2.07. The van der Waals surface area contributed by atoms with Crippen molar-refractivity contribution in [3.8, 4) is 10.6 Å². The number of hydrogen-bond donors (Lipinski definition) is 1. The standard InChI is InChI=1S/C20H17F3N2OS/c1-12-7-13(2)9-16(8-12)24-18(26)10-17-11-27-19(25-17)14-3-5-15(6-4-14)20(21,22)23/h3-9,11H,10H2,1-2H3,(H,24,26). The van der Waals surface area contributed by atoms with Gasteiger partial charge in [0.2, 0.25) is 5.91 Å². The van der Waals surface area contributed by atoms with E-state index in [2.05, 4.69) is 10.3 Å². The molecular weight excluding hydrogens is 373 g/mol. The van der Waals surface area contributed by atoms with Gasteiger partial charge in [0.25, 0.3) is 0 Å². The van der Waals surface area contributed by atoms with E-state index in [0.717, 1.165) is 28.9 Å². The van der Waals surface area contributed by atoms with Gasteiger partial charge in [-0.15, -0.1) is 11.3 Å². The maximum atomic E-state index is 12.6. The Kier molecular flexibility index (Phi) is 5.32. The number of halogens is 3. The zero-order valence-corrected chi connectivity index (χ0v) is 15.5. The SMILES string of the molecule is Cc1cc(C)cc(NC(=O)Cc2csc(-c3ccc(C(F)(F)F)cc3)n2)c1. The monoisotopic (exact) mass is 390 g/mol. The van der Waals surface area contributed by atoms with Crippen molar-refractivity contribution in [1.82, 2.24) is 4.98 Å². The molecule has 2 aromatic carbocycles. The molecule has 3 nitrogen and oxygen atoms in total. The molecule has 140 valence electrons. The van der Waals surface area contributed by atoms with Crippen LogP contribution in [-0.2, 0) is 17.4 Å². The first-order chi connectivity index (χ1) is 12.7. The van der Waals surface area contributed by atoms with E-state index in [1.807, 2.05) is 32.0 Å². The molecule has 3 aromatic rings. The second-order valence-corrected chi connectivity index (χ2v) is 7.18. The summed E-state index contributed by atoms with van der Waals surface area (Å²) in [4.78, 5) is 16.6. The molecule has 0 spiro atoms. The average Bonchev–Trinajstić information content (AvgIpc) is 3.01. The first-order valence-corrected chi connectivity index (χ1v) is 9.09. The molecule has 0 aliphatic carbocycles. The van der Waals surface area contributed by atoms with Gasteiger partial charge in [-0.3, -0.25) is 4.79 Å². The summed E-state index contributed by atoms with van der Waals surface area (Å²) in [6, 6.07) is 10.6. The fourth-order valence-electron chi connectivity index (χ4n) is 2.74. The summed E-state index contributed by atoms with van der Waals surface area (Å²) in [7, 11) is 0. The maximum Gasteiger partial charge on any atom is 0.416 e. The molecule has 0 fully saturated rings. The molecule has 0 bridgehead atoms. The van der Waals surface area contributed by atoms with Crippen LogP contribution in [0.2, 0.25) is 0 Å². The van der Waals surface area contributed by atoms with Crippen LogP contribution in [-0.4, -0.2) is 10.9 Å². The lowest BCUT2D eigenvalue weighted by atomic mass is 10.1. The van der Waals surface area contributed by atoms with Crippen molar-refractivity contribution < 1.29 is 18.0 Å². The number of benzene rings is 2. The van der Waals surface area contributed by atoms with Crippen LogP contribution in [0.1, 0.15) is 22.4 Å². The number of thiazole rings is 1. The van der Waals surface area contributed by atoms with E-state index >= 15 is 0 Å². The summed E-state index contributed by atoms with van der Waals surface area (Å²) >= 11 is 1.30. The highest BCUT2D eigenvalue weighted by atomic mass is 32.1. The third kappa shape index (κ3) is 4.95. The maximum absolute atomic E-state index is 12.6. The van der Waals surface area contributed by atoms with Gasteiger partial charge in [-0.25, -0.2) is 4.98 Å². The molecule has 3 rings (SSSR count). The molecule has 1 heterocycles. The Hall–Kier alpha value is -2.67. The minimum Gasteiger partial charge on any atom is -0.326 e. The van der Waals surface area contributed by atoms with Crippen LogP contribution in [0.25, 0.3) is 10.6 Å². The van der Waals surface area contributed by atoms with Crippen molar-refractivity contribution in [3.05, 3.63) is 70.2 Å². The van der Waals surface area contributed by atoms with Crippen LogP contribution in [0.3, 0.4) is 0 Å². The van der Waals surface area contributed by atoms with E-state index < -0.39 is 11.7 Å². The van der Waals surface area contributed by atoms with E-state index in [1.54, 1.807) is 5.38 Å². The highest BCUT2D eigenvalue weighted by Crippen LogP contribution is 2.31. The van der Waals surface area contributed by atoms with E-state index in [9.17, 15) is 18.0 Å². The van der Waals surface area contributed by atoms with E-state index in [4.69, 9.17) is 0 Å². The van der Waals surface area contributed by atoms with E-state index in [1.165, 1.54) is 23.5 Å². The summed E-state index contributed by atoms with van der Waals surface area (Å²) in [5.74, 6) is -0.190. The van der Waals surface area contributed by atoms with Crippen molar-refractivity contribution >= 4 is 22.9 Å². The van der Waals surface area contributed by atoms with Crippen molar-refractivity contribution in [2.45, 2.75) is 26.4 Å². The third-order valence-corrected chi connectivity index (χ3v) is 4.80. The van der Waals surface area contributed by atoms with Crippen molar-refractivity contribution in [1.29, 1.82) is 0 Å². The van der Waals surface area contributed by atoms with Crippen LogP contribution in [0.15, 0.2) is 47.8 Å². The number of alkyl halides is 3. The van der Waals surface area contributed by atoms with Gasteiger partial charge >= 0.3 is 6.18 Å². The highest BCUT2D eigenvalue weighted by Gasteiger charge is 2.30. The number of aryl methyl sites for hydroxylation is 2. The van der Waals surface area contributed by atoms with Gasteiger partial charge in [-0.1, -0.05) is 18.2 Å². The van der Waals surface area contributed by atoms with Crippen LogP contribution in [0, 0.1) is 13.8 Å². The van der Waals surface area contributed by atoms with Crippen molar-refractivity contribution in [2.24, 2.45) is 0 Å². The fraction of sp³-hybridized carbons (Fsp3) is 0.200. The number of amides is 1. The summed E-state index contributed by atoms with van der Waals surface area (Å²) in [5, 5.41) is 5.17. The van der Waals surface area contributed by atoms with Crippen molar-refractivity contribution in [2.75, 3.05) is 5.32 Å².